The molecule has 0 aliphatic heterocycles. The van der Waals surface area contributed by atoms with Crippen LogP contribution in [-0.2, 0) is 0 Å². The maximum absolute atomic E-state index is 9.49. The van der Waals surface area contributed by atoms with Crippen LogP contribution in [0.2, 0.25) is 0 Å². The molecule has 1 aromatic rings. The molecule has 0 saturated carbocycles. The van der Waals surface area contributed by atoms with Crippen molar-refractivity contribution in [3.8, 4) is 0 Å². The van der Waals surface area contributed by atoms with Crippen LogP contribution >= 0.6 is 0 Å². The summed E-state index contributed by atoms with van der Waals surface area (Å²) >= 11 is 0. The molecule has 0 bridgehead atoms. The highest BCUT2D eigenvalue weighted by molar-refractivity contribution is 5.28. The van der Waals surface area contributed by atoms with Crippen molar-refractivity contribution in [2.24, 2.45) is 5.92 Å². The van der Waals surface area contributed by atoms with Crippen LogP contribution in [0.5, 0.6) is 0 Å². The fourth-order valence-corrected chi connectivity index (χ4v) is 0.826. The molecule has 0 radical (unpaired) electrons. The molecule has 1 aromatic heterocycles. The highest BCUT2D eigenvalue weighted by Gasteiger charge is 2.09. The molecule has 0 spiro atoms. The predicted molar refractivity (Wildman–Crippen MR) is 53.6 cm³/mol. The van der Waals surface area contributed by atoms with Crippen molar-refractivity contribution in [3.05, 3.63) is 6.33 Å². The summed E-state index contributed by atoms with van der Waals surface area (Å²) in [5.74, 6) is 0.750. The van der Waals surface area contributed by atoms with Gasteiger partial charge in [-0.15, -0.1) is 0 Å². The van der Waals surface area contributed by atoms with Crippen LogP contribution in [-0.4, -0.2) is 32.7 Å². The molecule has 0 saturated heterocycles. The number of aliphatic hydroxyl groups excluding tert-OH is 1. The minimum Gasteiger partial charge on any atom is -0.391 e. The average molecular weight is 197 g/mol. The highest BCUT2D eigenvalue weighted by atomic mass is 16.3. The van der Waals surface area contributed by atoms with E-state index >= 15 is 0 Å². The zero-order valence-corrected chi connectivity index (χ0v) is 8.31. The predicted octanol–water partition coefficient (Wildman–Crippen LogP) is -0.117. The van der Waals surface area contributed by atoms with Gasteiger partial charge in [-0.1, -0.05) is 13.8 Å². The summed E-state index contributed by atoms with van der Waals surface area (Å²) in [6.07, 6.45) is 0.903. The molecule has 4 N–H and O–H groups in total. The van der Waals surface area contributed by atoms with Crippen LogP contribution in [0.15, 0.2) is 6.33 Å². The van der Waals surface area contributed by atoms with Gasteiger partial charge in [0, 0.05) is 6.54 Å². The summed E-state index contributed by atoms with van der Waals surface area (Å²) in [7, 11) is 0. The number of aliphatic hydroxyl groups is 1. The van der Waals surface area contributed by atoms with Gasteiger partial charge in [-0.25, -0.2) is 9.97 Å². The average Bonchev–Trinajstić information content (AvgIpc) is 2.14. The fourth-order valence-electron chi connectivity index (χ4n) is 0.826. The first-order valence-electron chi connectivity index (χ1n) is 4.46. The van der Waals surface area contributed by atoms with E-state index in [1.165, 1.54) is 6.33 Å². The van der Waals surface area contributed by atoms with Gasteiger partial charge in [0.1, 0.15) is 6.33 Å². The van der Waals surface area contributed by atoms with Crippen molar-refractivity contribution in [1.29, 1.82) is 0 Å². The van der Waals surface area contributed by atoms with Crippen molar-refractivity contribution in [1.82, 2.24) is 15.0 Å². The molecule has 0 aliphatic rings. The van der Waals surface area contributed by atoms with E-state index in [0.717, 1.165) is 0 Å². The highest BCUT2D eigenvalue weighted by Crippen LogP contribution is 2.03. The van der Waals surface area contributed by atoms with E-state index in [1.54, 1.807) is 0 Å². The van der Waals surface area contributed by atoms with Gasteiger partial charge in [-0.2, -0.15) is 4.98 Å². The zero-order valence-electron chi connectivity index (χ0n) is 8.31. The third-order valence-electron chi connectivity index (χ3n) is 1.83. The number of nitrogens with zero attached hydrogens (tertiary/aromatic N) is 3. The smallest absolute Gasteiger partial charge is 0.227 e. The molecule has 0 aromatic carbocycles. The number of nitrogen functional groups attached to an aromatic ring is 1. The molecule has 6 heteroatoms. The number of anilines is 2. The summed E-state index contributed by atoms with van der Waals surface area (Å²) in [5.41, 5.74) is 5.36. The third kappa shape index (κ3) is 3.14. The summed E-state index contributed by atoms with van der Waals surface area (Å²) in [6, 6.07) is 0. The number of aromatic nitrogens is 3. The fraction of sp³-hybridized carbons (Fsp3) is 0.625. The van der Waals surface area contributed by atoms with Gasteiger partial charge in [0.05, 0.1) is 6.10 Å². The normalized spacial score (nSPS) is 12.9. The Morgan fingerprint density at radius 3 is 2.79 bits per heavy atom. The molecule has 1 heterocycles. The lowest BCUT2D eigenvalue weighted by molar-refractivity contribution is 0.137. The Morgan fingerprint density at radius 1 is 1.50 bits per heavy atom. The molecule has 6 nitrogen and oxygen atoms in total. The summed E-state index contributed by atoms with van der Waals surface area (Å²) in [6.45, 7) is 4.28. The van der Waals surface area contributed by atoms with Crippen molar-refractivity contribution in [2.45, 2.75) is 20.0 Å². The quantitative estimate of drug-likeness (QED) is 0.622. The van der Waals surface area contributed by atoms with E-state index in [9.17, 15) is 5.11 Å². The second-order valence-corrected chi connectivity index (χ2v) is 3.36. The van der Waals surface area contributed by atoms with Gasteiger partial charge in [0.25, 0.3) is 0 Å². The number of rotatable bonds is 4. The van der Waals surface area contributed by atoms with E-state index in [-0.39, 0.29) is 11.9 Å². The molecule has 1 rings (SSSR count). The topological polar surface area (TPSA) is 97.0 Å². The van der Waals surface area contributed by atoms with E-state index < -0.39 is 6.10 Å². The summed E-state index contributed by atoms with van der Waals surface area (Å²) in [5, 5.41) is 12.4. The van der Waals surface area contributed by atoms with Gasteiger partial charge in [-0.3, -0.25) is 0 Å². The summed E-state index contributed by atoms with van der Waals surface area (Å²) < 4.78 is 0. The standard InChI is InChI=1S/C8H15N5O/c1-5(2)6(14)3-10-8-12-4-11-7(9)13-8/h4-6,14H,3H2,1-2H3,(H3,9,10,11,12,13). The first kappa shape index (κ1) is 10.6. The van der Waals surface area contributed by atoms with E-state index in [0.29, 0.717) is 12.5 Å². The van der Waals surface area contributed by atoms with Crippen LogP contribution in [0.4, 0.5) is 11.9 Å². The minimum atomic E-state index is -0.423. The van der Waals surface area contributed by atoms with Crippen molar-refractivity contribution >= 4 is 11.9 Å². The van der Waals surface area contributed by atoms with Gasteiger partial charge < -0.3 is 16.2 Å². The van der Waals surface area contributed by atoms with Gasteiger partial charge in [0.15, 0.2) is 0 Å². The summed E-state index contributed by atoms with van der Waals surface area (Å²) in [4.78, 5) is 11.3. The lowest BCUT2D eigenvalue weighted by Gasteiger charge is -2.14. The monoisotopic (exact) mass is 197 g/mol. The second-order valence-electron chi connectivity index (χ2n) is 3.36. The number of hydrogen-bond donors (Lipinski definition) is 3. The first-order valence-corrected chi connectivity index (χ1v) is 4.46. The lowest BCUT2D eigenvalue weighted by Crippen LogP contribution is -2.25. The minimum absolute atomic E-state index is 0.168. The van der Waals surface area contributed by atoms with Crippen molar-refractivity contribution in [2.75, 3.05) is 17.6 Å². The largest absolute Gasteiger partial charge is 0.391 e. The van der Waals surface area contributed by atoms with Crippen LogP contribution in [0, 0.1) is 5.92 Å². The van der Waals surface area contributed by atoms with E-state index in [2.05, 4.69) is 20.3 Å². The molecule has 0 amide bonds. The number of nitrogens with one attached hydrogen (secondary N) is 1. The number of hydrogen-bond acceptors (Lipinski definition) is 6. The molecular weight excluding hydrogens is 182 g/mol. The SMILES string of the molecule is CC(C)C(O)CNc1ncnc(N)n1. The Morgan fingerprint density at radius 2 is 2.21 bits per heavy atom. The zero-order chi connectivity index (χ0) is 10.6. The Labute approximate surface area is 82.6 Å². The molecule has 14 heavy (non-hydrogen) atoms. The Balaban J connectivity index is 2.45. The third-order valence-corrected chi connectivity index (χ3v) is 1.83. The van der Waals surface area contributed by atoms with Crippen LogP contribution < -0.4 is 11.1 Å². The Bertz CT molecular complexity index is 291. The van der Waals surface area contributed by atoms with Crippen LogP contribution in [0.25, 0.3) is 0 Å². The van der Waals surface area contributed by atoms with Crippen LogP contribution in [0.3, 0.4) is 0 Å². The van der Waals surface area contributed by atoms with Crippen LogP contribution in [0.1, 0.15) is 13.8 Å². The van der Waals surface area contributed by atoms with Crippen molar-refractivity contribution in [3.63, 3.8) is 0 Å². The number of nitrogens with two attached hydrogens (primary N) is 1. The molecule has 1 atom stereocenters. The van der Waals surface area contributed by atoms with E-state index in [4.69, 9.17) is 5.73 Å². The Hall–Kier alpha value is -1.43. The Kier molecular flexibility index (Phi) is 3.58. The maximum atomic E-state index is 9.49. The second kappa shape index (κ2) is 4.71. The maximum Gasteiger partial charge on any atom is 0.227 e. The van der Waals surface area contributed by atoms with Gasteiger partial charge in [-0.05, 0) is 5.92 Å². The van der Waals surface area contributed by atoms with E-state index in [1.807, 2.05) is 13.8 Å². The lowest BCUT2D eigenvalue weighted by atomic mass is 10.1. The first-order chi connectivity index (χ1) is 6.59. The molecule has 78 valence electrons. The van der Waals surface area contributed by atoms with Gasteiger partial charge >= 0.3 is 0 Å². The molecule has 0 aliphatic carbocycles. The van der Waals surface area contributed by atoms with Crippen molar-refractivity contribution < 1.29 is 5.11 Å². The molecule has 1 unspecified atom stereocenters. The molecule has 0 fully saturated rings. The van der Waals surface area contributed by atoms with Gasteiger partial charge in [0.2, 0.25) is 11.9 Å². The molecular formula is C8H15N5O.